The molecule has 1 aromatic heterocycles. The molecule has 3 N–H and O–H groups in total. The Bertz CT molecular complexity index is 610. The SMILES string of the molecule is NCc1nc(-c2ccccc2N2CCNC2=O)no1. The predicted octanol–water partition coefficient (Wildman–Crippen LogP) is 0.725. The zero-order valence-electron chi connectivity index (χ0n) is 10.2. The van der Waals surface area contributed by atoms with E-state index in [9.17, 15) is 4.79 Å². The van der Waals surface area contributed by atoms with Crippen LogP contribution in [0, 0.1) is 0 Å². The van der Waals surface area contributed by atoms with Crippen LogP contribution in [0.2, 0.25) is 0 Å². The van der Waals surface area contributed by atoms with Gasteiger partial charge in [-0.05, 0) is 12.1 Å². The first-order valence-corrected chi connectivity index (χ1v) is 5.97. The van der Waals surface area contributed by atoms with Gasteiger partial charge in [0.15, 0.2) is 0 Å². The lowest BCUT2D eigenvalue weighted by molar-refractivity contribution is 0.252. The molecule has 0 saturated carbocycles. The van der Waals surface area contributed by atoms with Crippen LogP contribution >= 0.6 is 0 Å². The molecule has 1 aromatic carbocycles. The number of amides is 2. The Labute approximate surface area is 109 Å². The lowest BCUT2D eigenvalue weighted by Crippen LogP contribution is -2.28. The Balaban J connectivity index is 2.04. The minimum absolute atomic E-state index is 0.116. The highest BCUT2D eigenvalue weighted by Gasteiger charge is 2.24. The molecule has 0 bridgehead atoms. The van der Waals surface area contributed by atoms with Gasteiger partial charge < -0.3 is 15.6 Å². The Hall–Kier alpha value is -2.41. The van der Waals surface area contributed by atoms with E-state index in [-0.39, 0.29) is 12.6 Å². The molecule has 0 unspecified atom stereocenters. The molecule has 19 heavy (non-hydrogen) atoms. The molecule has 0 radical (unpaired) electrons. The number of para-hydroxylation sites is 1. The number of hydrogen-bond acceptors (Lipinski definition) is 5. The van der Waals surface area contributed by atoms with Gasteiger partial charge in [-0.1, -0.05) is 17.3 Å². The molecule has 0 spiro atoms. The van der Waals surface area contributed by atoms with E-state index in [2.05, 4.69) is 15.5 Å². The van der Waals surface area contributed by atoms with Crippen molar-refractivity contribution < 1.29 is 9.32 Å². The molecule has 1 aliphatic heterocycles. The molecule has 2 aromatic rings. The van der Waals surface area contributed by atoms with Gasteiger partial charge in [-0.25, -0.2) is 4.79 Å². The first kappa shape index (κ1) is 11.7. The summed E-state index contributed by atoms with van der Waals surface area (Å²) in [4.78, 5) is 17.6. The number of aromatic nitrogens is 2. The summed E-state index contributed by atoms with van der Waals surface area (Å²) in [6, 6.07) is 7.33. The van der Waals surface area contributed by atoms with E-state index in [0.717, 1.165) is 11.3 Å². The summed E-state index contributed by atoms with van der Waals surface area (Å²) in [5, 5.41) is 6.66. The second-order valence-electron chi connectivity index (χ2n) is 4.12. The Kier molecular flexibility index (Phi) is 2.88. The van der Waals surface area contributed by atoms with Crippen LogP contribution in [0.25, 0.3) is 11.4 Å². The average molecular weight is 259 g/mol. The molecule has 0 aliphatic carbocycles. The summed E-state index contributed by atoms with van der Waals surface area (Å²) < 4.78 is 5.01. The fourth-order valence-electron chi connectivity index (χ4n) is 2.05. The standard InChI is InChI=1S/C12H13N5O2/c13-7-10-15-11(16-19-10)8-3-1-2-4-9(8)17-6-5-14-12(17)18/h1-4H,5-7,13H2,(H,14,18). The third kappa shape index (κ3) is 2.04. The van der Waals surface area contributed by atoms with Crippen molar-refractivity contribution in [2.75, 3.05) is 18.0 Å². The third-order valence-electron chi connectivity index (χ3n) is 2.94. The molecule has 1 fully saturated rings. The van der Waals surface area contributed by atoms with Crippen molar-refractivity contribution in [1.29, 1.82) is 0 Å². The lowest BCUT2D eigenvalue weighted by atomic mass is 10.1. The molecular weight excluding hydrogens is 246 g/mol. The van der Waals surface area contributed by atoms with Crippen molar-refractivity contribution in [3.8, 4) is 11.4 Å². The van der Waals surface area contributed by atoms with Crippen molar-refractivity contribution in [2.45, 2.75) is 6.54 Å². The molecular formula is C12H13N5O2. The van der Waals surface area contributed by atoms with E-state index in [1.807, 2.05) is 24.3 Å². The minimum Gasteiger partial charge on any atom is -0.338 e. The molecule has 7 nitrogen and oxygen atoms in total. The number of nitrogens with two attached hydrogens (primary N) is 1. The van der Waals surface area contributed by atoms with Gasteiger partial charge in [0.2, 0.25) is 11.7 Å². The minimum atomic E-state index is -0.116. The summed E-state index contributed by atoms with van der Waals surface area (Å²) in [5.74, 6) is 0.812. The summed E-state index contributed by atoms with van der Waals surface area (Å²) in [7, 11) is 0. The van der Waals surface area contributed by atoms with E-state index in [4.69, 9.17) is 10.3 Å². The zero-order valence-corrected chi connectivity index (χ0v) is 10.2. The molecule has 1 aliphatic rings. The summed E-state index contributed by atoms with van der Waals surface area (Å²) in [5.41, 5.74) is 6.97. The number of hydrogen-bond donors (Lipinski definition) is 2. The molecule has 7 heteroatoms. The Morgan fingerprint density at radius 3 is 2.95 bits per heavy atom. The fraction of sp³-hybridized carbons (Fsp3) is 0.250. The van der Waals surface area contributed by atoms with E-state index >= 15 is 0 Å². The van der Waals surface area contributed by atoms with E-state index in [1.165, 1.54) is 0 Å². The van der Waals surface area contributed by atoms with Crippen molar-refractivity contribution in [3.05, 3.63) is 30.2 Å². The molecule has 2 amide bonds. The third-order valence-corrected chi connectivity index (χ3v) is 2.94. The van der Waals surface area contributed by atoms with Gasteiger partial charge in [-0.15, -0.1) is 0 Å². The van der Waals surface area contributed by atoms with Crippen LogP contribution in [-0.2, 0) is 6.54 Å². The summed E-state index contributed by atoms with van der Waals surface area (Å²) >= 11 is 0. The molecule has 0 atom stereocenters. The number of nitrogens with one attached hydrogen (secondary N) is 1. The highest BCUT2D eigenvalue weighted by molar-refractivity contribution is 5.97. The summed E-state index contributed by atoms with van der Waals surface area (Å²) in [6.07, 6.45) is 0. The summed E-state index contributed by atoms with van der Waals surface area (Å²) in [6.45, 7) is 1.45. The Morgan fingerprint density at radius 1 is 1.42 bits per heavy atom. The number of anilines is 1. The number of urea groups is 1. The highest BCUT2D eigenvalue weighted by atomic mass is 16.5. The maximum atomic E-state index is 11.8. The van der Waals surface area contributed by atoms with Gasteiger partial charge in [0.05, 0.1) is 12.2 Å². The van der Waals surface area contributed by atoms with E-state index in [1.54, 1.807) is 4.90 Å². The number of carbonyl (C=O) groups excluding carboxylic acids is 1. The van der Waals surface area contributed by atoms with Crippen LogP contribution < -0.4 is 16.0 Å². The normalized spacial score (nSPS) is 14.8. The van der Waals surface area contributed by atoms with Crippen LogP contribution in [0.4, 0.5) is 10.5 Å². The van der Waals surface area contributed by atoms with Crippen molar-refractivity contribution in [3.63, 3.8) is 0 Å². The van der Waals surface area contributed by atoms with Crippen LogP contribution in [-0.4, -0.2) is 29.3 Å². The predicted molar refractivity (Wildman–Crippen MR) is 68.4 cm³/mol. The highest BCUT2D eigenvalue weighted by Crippen LogP contribution is 2.29. The quantitative estimate of drug-likeness (QED) is 0.846. The van der Waals surface area contributed by atoms with E-state index in [0.29, 0.717) is 24.8 Å². The number of benzene rings is 1. The number of carbonyl (C=O) groups is 1. The van der Waals surface area contributed by atoms with Gasteiger partial charge in [-0.2, -0.15) is 4.98 Å². The topological polar surface area (TPSA) is 97.3 Å². The molecule has 1 saturated heterocycles. The van der Waals surface area contributed by atoms with Crippen LogP contribution in [0.3, 0.4) is 0 Å². The van der Waals surface area contributed by atoms with Gasteiger partial charge in [-0.3, -0.25) is 4.90 Å². The second kappa shape index (κ2) is 4.69. The van der Waals surface area contributed by atoms with E-state index < -0.39 is 0 Å². The smallest absolute Gasteiger partial charge is 0.322 e. The van der Waals surface area contributed by atoms with Crippen molar-refractivity contribution in [2.24, 2.45) is 5.73 Å². The maximum Gasteiger partial charge on any atom is 0.322 e. The largest absolute Gasteiger partial charge is 0.338 e. The maximum absolute atomic E-state index is 11.8. The number of rotatable bonds is 3. The first-order valence-electron chi connectivity index (χ1n) is 5.97. The number of nitrogens with zero attached hydrogens (tertiary/aromatic N) is 3. The van der Waals surface area contributed by atoms with Crippen molar-refractivity contribution >= 4 is 11.7 Å². The zero-order chi connectivity index (χ0) is 13.2. The fourth-order valence-corrected chi connectivity index (χ4v) is 2.05. The van der Waals surface area contributed by atoms with Crippen molar-refractivity contribution in [1.82, 2.24) is 15.5 Å². The van der Waals surface area contributed by atoms with Gasteiger partial charge in [0, 0.05) is 18.7 Å². The molecule has 2 heterocycles. The first-order chi connectivity index (χ1) is 9.29. The average Bonchev–Trinajstić information content (AvgIpc) is 3.07. The Morgan fingerprint density at radius 2 is 2.26 bits per heavy atom. The second-order valence-corrected chi connectivity index (χ2v) is 4.12. The van der Waals surface area contributed by atoms with Crippen LogP contribution in [0.15, 0.2) is 28.8 Å². The van der Waals surface area contributed by atoms with Gasteiger partial charge >= 0.3 is 6.03 Å². The monoisotopic (exact) mass is 259 g/mol. The van der Waals surface area contributed by atoms with Gasteiger partial charge in [0.25, 0.3) is 0 Å². The molecule has 3 rings (SSSR count). The van der Waals surface area contributed by atoms with Crippen LogP contribution in [0.5, 0.6) is 0 Å². The lowest BCUT2D eigenvalue weighted by Gasteiger charge is -2.16. The van der Waals surface area contributed by atoms with Crippen LogP contribution in [0.1, 0.15) is 5.89 Å². The molecule has 98 valence electrons. The van der Waals surface area contributed by atoms with Gasteiger partial charge in [0.1, 0.15) is 0 Å².